The Morgan fingerprint density at radius 2 is 1.92 bits per heavy atom. The Kier molecular flexibility index (Phi) is 5.15. The molecule has 0 saturated carbocycles. The van der Waals surface area contributed by atoms with Gasteiger partial charge >= 0.3 is 12.1 Å². The molecule has 1 aromatic carbocycles. The molecule has 1 aromatic heterocycles. The number of aryl methyl sites for hydroxylation is 1. The van der Waals surface area contributed by atoms with E-state index in [-0.39, 0.29) is 29.1 Å². The molecule has 1 amide bonds. The van der Waals surface area contributed by atoms with Gasteiger partial charge in [-0.2, -0.15) is 13.2 Å². The Morgan fingerprint density at radius 3 is 2.44 bits per heavy atom. The SMILES string of the molecule is CCc1oc(C(=O)NCc2ccc(F)cc2C(F)(F)F)cc1C(=O)O. The standard InChI is InChI=1S/C16H13F4NO4/c1-2-12-10(15(23)24)6-13(25-12)14(22)21-7-8-3-4-9(17)5-11(8)16(18,19)20/h3-6H,2,7H2,1H3,(H,21,22)(H,23,24). The van der Waals surface area contributed by atoms with E-state index in [1.807, 2.05) is 0 Å². The van der Waals surface area contributed by atoms with Crippen molar-refractivity contribution in [2.24, 2.45) is 0 Å². The van der Waals surface area contributed by atoms with Gasteiger partial charge in [0.1, 0.15) is 17.1 Å². The molecule has 5 nitrogen and oxygen atoms in total. The van der Waals surface area contributed by atoms with E-state index in [2.05, 4.69) is 5.32 Å². The summed E-state index contributed by atoms with van der Waals surface area (Å²) in [6.07, 6.45) is -4.55. The predicted molar refractivity (Wildman–Crippen MR) is 77.6 cm³/mol. The van der Waals surface area contributed by atoms with E-state index in [0.29, 0.717) is 6.07 Å². The van der Waals surface area contributed by atoms with Crippen LogP contribution in [0.2, 0.25) is 0 Å². The zero-order valence-electron chi connectivity index (χ0n) is 12.9. The summed E-state index contributed by atoms with van der Waals surface area (Å²) in [6.45, 7) is 1.10. The molecule has 0 radical (unpaired) electrons. The lowest BCUT2D eigenvalue weighted by Gasteiger charge is -2.13. The van der Waals surface area contributed by atoms with Crippen molar-refractivity contribution in [3.05, 3.63) is 58.3 Å². The molecule has 25 heavy (non-hydrogen) atoms. The van der Waals surface area contributed by atoms with Crippen LogP contribution in [0.15, 0.2) is 28.7 Å². The number of halogens is 4. The first-order valence-electron chi connectivity index (χ1n) is 7.13. The number of hydrogen-bond acceptors (Lipinski definition) is 3. The molecule has 0 unspecified atom stereocenters. The van der Waals surface area contributed by atoms with Crippen LogP contribution < -0.4 is 5.32 Å². The fourth-order valence-corrected chi connectivity index (χ4v) is 2.21. The van der Waals surface area contributed by atoms with Gasteiger partial charge in [-0.05, 0) is 17.7 Å². The summed E-state index contributed by atoms with van der Waals surface area (Å²) < 4.78 is 56.9. The maximum atomic E-state index is 13.0. The number of hydrogen-bond donors (Lipinski definition) is 2. The third-order valence-corrected chi connectivity index (χ3v) is 3.40. The van der Waals surface area contributed by atoms with Crippen LogP contribution in [0.5, 0.6) is 0 Å². The summed E-state index contributed by atoms with van der Waals surface area (Å²) in [5.41, 5.74) is -1.72. The van der Waals surface area contributed by atoms with Crippen molar-refractivity contribution in [1.82, 2.24) is 5.32 Å². The van der Waals surface area contributed by atoms with Crippen LogP contribution in [0.25, 0.3) is 0 Å². The van der Waals surface area contributed by atoms with Gasteiger partial charge in [0.2, 0.25) is 0 Å². The summed E-state index contributed by atoms with van der Waals surface area (Å²) in [6, 6.07) is 3.11. The Hall–Kier alpha value is -2.84. The summed E-state index contributed by atoms with van der Waals surface area (Å²) in [5.74, 6) is -3.45. The van der Waals surface area contributed by atoms with Gasteiger partial charge in [0.25, 0.3) is 5.91 Å². The fourth-order valence-electron chi connectivity index (χ4n) is 2.21. The Morgan fingerprint density at radius 1 is 1.24 bits per heavy atom. The van der Waals surface area contributed by atoms with Gasteiger partial charge in [0.15, 0.2) is 5.76 Å². The lowest BCUT2D eigenvalue weighted by Crippen LogP contribution is -2.24. The highest BCUT2D eigenvalue weighted by atomic mass is 19.4. The number of aromatic carboxylic acids is 1. The number of benzene rings is 1. The highest BCUT2D eigenvalue weighted by Gasteiger charge is 2.33. The molecule has 0 fully saturated rings. The maximum Gasteiger partial charge on any atom is 0.416 e. The highest BCUT2D eigenvalue weighted by molar-refractivity contribution is 5.96. The molecule has 0 bridgehead atoms. The van der Waals surface area contributed by atoms with Crippen molar-refractivity contribution in [3.8, 4) is 0 Å². The van der Waals surface area contributed by atoms with Crippen LogP contribution in [0.1, 0.15) is 44.7 Å². The van der Waals surface area contributed by atoms with Gasteiger partial charge in [-0.1, -0.05) is 13.0 Å². The summed E-state index contributed by atoms with van der Waals surface area (Å²) in [7, 11) is 0. The molecule has 2 aromatic rings. The first kappa shape index (κ1) is 18.5. The van der Waals surface area contributed by atoms with Crippen LogP contribution in [-0.4, -0.2) is 17.0 Å². The van der Waals surface area contributed by atoms with Gasteiger partial charge in [0, 0.05) is 19.0 Å². The van der Waals surface area contributed by atoms with E-state index in [9.17, 15) is 27.2 Å². The molecule has 9 heteroatoms. The number of rotatable bonds is 5. The van der Waals surface area contributed by atoms with Gasteiger partial charge in [-0.3, -0.25) is 4.79 Å². The Labute approximate surface area is 139 Å². The van der Waals surface area contributed by atoms with Gasteiger partial charge in [-0.25, -0.2) is 9.18 Å². The molecule has 0 aliphatic heterocycles. The average molecular weight is 359 g/mol. The number of carbonyl (C=O) groups excluding carboxylic acids is 1. The zero-order chi connectivity index (χ0) is 18.8. The molecule has 0 saturated heterocycles. The second kappa shape index (κ2) is 6.96. The number of nitrogens with one attached hydrogen (secondary N) is 1. The van der Waals surface area contributed by atoms with Crippen LogP contribution in [0, 0.1) is 5.82 Å². The van der Waals surface area contributed by atoms with E-state index in [4.69, 9.17) is 9.52 Å². The minimum absolute atomic E-state index is 0.0791. The minimum atomic E-state index is -4.78. The van der Waals surface area contributed by atoms with Crippen molar-refractivity contribution in [2.45, 2.75) is 26.1 Å². The molecular weight excluding hydrogens is 346 g/mol. The fraction of sp³-hybridized carbons (Fsp3) is 0.250. The number of amides is 1. The normalized spacial score (nSPS) is 11.4. The zero-order valence-corrected chi connectivity index (χ0v) is 12.9. The quantitative estimate of drug-likeness (QED) is 0.799. The Bertz CT molecular complexity index is 811. The van der Waals surface area contributed by atoms with Crippen LogP contribution in [0.3, 0.4) is 0 Å². The molecule has 0 atom stereocenters. The van der Waals surface area contributed by atoms with E-state index in [1.54, 1.807) is 6.92 Å². The lowest BCUT2D eigenvalue weighted by atomic mass is 10.1. The van der Waals surface area contributed by atoms with E-state index < -0.39 is 36.0 Å². The van der Waals surface area contributed by atoms with Gasteiger partial charge in [0.05, 0.1) is 5.56 Å². The average Bonchev–Trinajstić information content (AvgIpc) is 2.97. The third-order valence-electron chi connectivity index (χ3n) is 3.40. The van der Waals surface area contributed by atoms with E-state index in [1.165, 1.54) is 0 Å². The monoisotopic (exact) mass is 359 g/mol. The van der Waals surface area contributed by atoms with Crippen LogP contribution in [-0.2, 0) is 19.1 Å². The molecule has 0 aliphatic carbocycles. The number of carbonyl (C=O) groups is 2. The summed E-state index contributed by atoms with van der Waals surface area (Å²) >= 11 is 0. The van der Waals surface area contributed by atoms with Crippen molar-refractivity contribution in [3.63, 3.8) is 0 Å². The highest BCUT2D eigenvalue weighted by Crippen LogP contribution is 2.32. The molecule has 1 heterocycles. The number of furan rings is 1. The molecule has 0 aliphatic rings. The smallest absolute Gasteiger partial charge is 0.416 e. The molecule has 2 N–H and O–H groups in total. The second-order valence-corrected chi connectivity index (χ2v) is 5.09. The molecule has 2 rings (SSSR count). The number of alkyl halides is 3. The van der Waals surface area contributed by atoms with Crippen LogP contribution in [0.4, 0.5) is 17.6 Å². The largest absolute Gasteiger partial charge is 0.478 e. The van der Waals surface area contributed by atoms with Gasteiger partial charge < -0.3 is 14.8 Å². The summed E-state index contributed by atoms with van der Waals surface area (Å²) in [4.78, 5) is 23.0. The first-order valence-corrected chi connectivity index (χ1v) is 7.13. The van der Waals surface area contributed by atoms with Crippen LogP contribution >= 0.6 is 0 Å². The lowest BCUT2D eigenvalue weighted by molar-refractivity contribution is -0.138. The summed E-state index contributed by atoms with van der Waals surface area (Å²) in [5, 5.41) is 11.2. The molecular formula is C16H13F4NO4. The molecule has 134 valence electrons. The molecule has 0 spiro atoms. The minimum Gasteiger partial charge on any atom is -0.478 e. The predicted octanol–water partition coefficient (Wildman–Crippen LogP) is 3.63. The van der Waals surface area contributed by atoms with Crippen molar-refractivity contribution >= 4 is 11.9 Å². The first-order chi connectivity index (χ1) is 11.6. The Balaban J connectivity index is 2.20. The number of carboxylic acid groups (broad SMARTS) is 1. The van der Waals surface area contributed by atoms with E-state index >= 15 is 0 Å². The second-order valence-electron chi connectivity index (χ2n) is 5.09. The van der Waals surface area contributed by atoms with Crippen molar-refractivity contribution in [2.75, 3.05) is 0 Å². The van der Waals surface area contributed by atoms with Gasteiger partial charge in [-0.15, -0.1) is 0 Å². The van der Waals surface area contributed by atoms with Crippen molar-refractivity contribution < 1.29 is 36.7 Å². The third kappa shape index (κ3) is 4.17. The number of carboxylic acids is 1. The van der Waals surface area contributed by atoms with E-state index in [0.717, 1.165) is 18.2 Å². The topological polar surface area (TPSA) is 79.5 Å². The van der Waals surface area contributed by atoms with Crippen molar-refractivity contribution in [1.29, 1.82) is 0 Å². The maximum absolute atomic E-state index is 13.0.